The van der Waals surface area contributed by atoms with E-state index in [1.165, 1.54) is 0 Å². The first-order valence-corrected chi connectivity index (χ1v) is 13.9. The Kier molecular flexibility index (Phi) is 6.67. The Balaban J connectivity index is 1.44. The van der Waals surface area contributed by atoms with Gasteiger partial charge in [0.15, 0.2) is 0 Å². The summed E-state index contributed by atoms with van der Waals surface area (Å²) in [5, 5.41) is 2.99. The number of benzene rings is 1. The smallest absolute Gasteiger partial charge is 0.490 e. The van der Waals surface area contributed by atoms with Crippen molar-refractivity contribution in [1.29, 1.82) is 0 Å². The maximum absolute atomic E-state index is 12.1. The summed E-state index contributed by atoms with van der Waals surface area (Å²) in [6, 6.07) is 7.88. The van der Waals surface area contributed by atoms with E-state index in [0.717, 1.165) is 29.8 Å². The van der Waals surface area contributed by atoms with Crippen molar-refractivity contribution >= 4 is 28.7 Å². The zero-order chi connectivity index (χ0) is 23.1. The Bertz CT molecular complexity index is 768. The normalized spacial score (nSPS) is 27.4. The fraction of sp³-hybridized carbons (Fsp3) is 0.696. The van der Waals surface area contributed by atoms with E-state index in [9.17, 15) is 4.79 Å². The molecule has 3 rings (SSSR count). The van der Waals surface area contributed by atoms with Gasteiger partial charge in [0.05, 0.1) is 11.2 Å². The van der Waals surface area contributed by atoms with Crippen LogP contribution in [0.2, 0.25) is 0 Å². The van der Waals surface area contributed by atoms with E-state index in [1.807, 2.05) is 58.9 Å². The number of ether oxygens (including phenoxy) is 2. The van der Waals surface area contributed by atoms with Gasteiger partial charge in [-0.3, -0.25) is 0 Å². The van der Waals surface area contributed by atoms with Gasteiger partial charge in [0.25, 0.3) is 0 Å². The van der Waals surface area contributed by atoms with Crippen molar-refractivity contribution < 1.29 is 23.6 Å². The highest BCUT2D eigenvalue weighted by Crippen LogP contribution is 2.37. The number of hydrogen-bond donors (Lipinski definition) is 1. The van der Waals surface area contributed by atoms with Gasteiger partial charge in [-0.15, -0.1) is 0 Å². The second kappa shape index (κ2) is 8.52. The molecule has 1 aliphatic carbocycles. The first kappa shape index (κ1) is 24.3. The topological polar surface area (TPSA) is 66.0 Å². The molecule has 8 heteroatoms. The minimum absolute atomic E-state index is 0.0759. The molecule has 1 saturated carbocycles. The Morgan fingerprint density at radius 3 is 2.13 bits per heavy atom. The molecule has 0 radical (unpaired) electrons. The standard InChI is InChI=1S/C23H38BNO5S/c1-21(2)22(3,4)30-24(29-21)17-9-11-18(12-10-17)28-19-15-23(5,16-19)25-20(26)27-13-14-31(6,7)8/h9-12,19H,13-16H2,1-8H3,(H,25,26). The van der Waals surface area contributed by atoms with Crippen molar-refractivity contribution in [3.8, 4) is 5.75 Å². The molecule has 1 heterocycles. The largest absolute Gasteiger partial charge is 0.494 e. The van der Waals surface area contributed by atoms with Gasteiger partial charge in [0.1, 0.15) is 18.5 Å². The summed E-state index contributed by atoms with van der Waals surface area (Å²) in [4.78, 5) is 12.1. The Morgan fingerprint density at radius 1 is 1.06 bits per heavy atom. The lowest BCUT2D eigenvalue weighted by Crippen LogP contribution is -2.59. The molecule has 1 amide bonds. The Morgan fingerprint density at radius 2 is 1.61 bits per heavy atom. The first-order chi connectivity index (χ1) is 14.2. The molecular formula is C23H38BNO5S. The van der Waals surface area contributed by atoms with Crippen LogP contribution in [0.25, 0.3) is 0 Å². The van der Waals surface area contributed by atoms with Crippen LogP contribution in [0.5, 0.6) is 5.75 Å². The van der Waals surface area contributed by atoms with Gasteiger partial charge in [-0.1, -0.05) is 12.1 Å². The molecule has 1 saturated heterocycles. The van der Waals surface area contributed by atoms with Crippen LogP contribution in [0.4, 0.5) is 4.79 Å². The Labute approximate surface area is 189 Å². The van der Waals surface area contributed by atoms with Crippen molar-refractivity contribution in [2.75, 3.05) is 31.1 Å². The van der Waals surface area contributed by atoms with E-state index >= 15 is 0 Å². The number of carbonyl (C=O) groups is 1. The maximum Gasteiger partial charge on any atom is 0.494 e. The highest BCUT2D eigenvalue weighted by Gasteiger charge is 2.51. The molecule has 0 unspecified atom stereocenters. The van der Waals surface area contributed by atoms with Crippen molar-refractivity contribution in [1.82, 2.24) is 5.32 Å². The maximum atomic E-state index is 12.1. The van der Waals surface area contributed by atoms with Crippen LogP contribution in [-0.2, 0) is 14.0 Å². The molecule has 0 spiro atoms. The SMILES string of the molecule is CC1(NC(=O)OCCS(C)(C)C)CC(Oc2ccc(B3OC(C)(C)C(C)(C)O3)cc2)C1. The van der Waals surface area contributed by atoms with Crippen LogP contribution in [-0.4, -0.2) is 67.2 Å². The van der Waals surface area contributed by atoms with E-state index in [1.54, 1.807) is 0 Å². The molecule has 0 bridgehead atoms. The van der Waals surface area contributed by atoms with Gasteiger partial charge in [-0.05, 0) is 71.0 Å². The summed E-state index contributed by atoms with van der Waals surface area (Å²) in [6.45, 7) is 10.7. The molecule has 2 fully saturated rings. The average Bonchev–Trinajstić information content (AvgIpc) is 2.80. The van der Waals surface area contributed by atoms with Gasteiger partial charge in [0.2, 0.25) is 0 Å². The van der Waals surface area contributed by atoms with E-state index < -0.39 is 10.0 Å². The number of nitrogens with one attached hydrogen (secondary N) is 1. The summed E-state index contributed by atoms with van der Waals surface area (Å²) in [7, 11) is -1.03. The predicted octanol–water partition coefficient (Wildman–Crippen LogP) is 3.71. The van der Waals surface area contributed by atoms with E-state index in [2.05, 4.69) is 24.1 Å². The lowest BCUT2D eigenvalue weighted by Gasteiger charge is -2.44. The van der Waals surface area contributed by atoms with Gasteiger partial charge in [-0.25, -0.2) is 14.8 Å². The summed E-state index contributed by atoms with van der Waals surface area (Å²) >= 11 is 0. The zero-order valence-electron chi connectivity index (χ0n) is 20.2. The van der Waals surface area contributed by atoms with E-state index in [0.29, 0.717) is 6.61 Å². The van der Waals surface area contributed by atoms with Gasteiger partial charge in [-0.2, -0.15) is 0 Å². The molecule has 1 N–H and O–H groups in total. The van der Waals surface area contributed by atoms with E-state index in [-0.39, 0.29) is 36.1 Å². The van der Waals surface area contributed by atoms with Crippen molar-refractivity contribution in [3.63, 3.8) is 0 Å². The summed E-state index contributed by atoms with van der Waals surface area (Å²) in [5.74, 6) is 1.73. The minimum Gasteiger partial charge on any atom is -0.490 e. The number of carbonyl (C=O) groups excluding carboxylic acids is 1. The van der Waals surface area contributed by atoms with Crippen LogP contribution < -0.4 is 15.5 Å². The molecule has 1 aromatic carbocycles. The molecule has 2 aliphatic rings. The van der Waals surface area contributed by atoms with Crippen molar-refractivity contribution in [2.45, 2.75) is 70.3 Å². The lowest BCUT2D eigenvalue weighted by molar-refractivity contribution is 0.00578. The molecule has 6 nitrogen and oxygen atoms in total. The molecule has 1 aromatic rings. The molecule has 0 aromatic heterocycles. The molecule has 1 aliphatic heterocycles. The number of hydrogen-bond acceptors (Lipinski definition) is 5. The van der Waals surface area contributed by atoms with Crippen molar-refractivity contribution in [3.05, 3.63) is 24.3 Å². The van der Waals surface area contributed by atoms with Crippen molar-refractivity contribution in [2.24, 2.45) is 0 Å². The molecular weight excluding hydrogens is 413 g/mol. The van der Waals surface area contributed by atoms with Crippen LogP contribution in [0, 0.1) is 0 Å². The number of amides is 1. The monoisotopic (exact) mass is 451 g/mol. The van der Waals surface area contributed by atoms with Crippen LogP contribution >= 0.6 is 10.0 Å². The van der Waals surface area contributed by atoms with Gasteiger partial charge >= 0.3 is 13.2 Å². The first-order valence-electron chi connectivity index (χ1n) is 10.9. The molecule has 31 heavy (non-hydrogen) atoms. The third-order valence-corrected chi connectivity index (χ3v) is 7.79. The zero-order valence-corrected chi connectivity index (χ0v) is 21.1. The third kappa shape index (κ3) is 6.11. The van der Waals surface area contributed by atoms with Crippen LogP contribution in [0.1, 0.15) is 47.5 Å². The molecule has 0 atom stereocenters. The fourth-order valence-corrected chi connectivity index (χ4v) is 4.26. The minimum atomic E-state index is -0.659. The van der Waals surface area contributed by atoms with Crippen LogP contribution in [0.3, 0.4) is 0 Å². The highest BCUT2D eigenvalue weighted by atomic mass is 32.3. The second-order valence-electron chi connectivity index (χ2n) is 10.9. The summed E-state index contributed by atoms with van der Waals surface area (Å²) in [5.41, 5.74) is -0.0128. The van der Waals surface area contributed by atoms with Gasteiger partial charge < -0.3 is 24.1 Å². The number of rotatable bonds is 7. The summed E-state index contributed by atoms with van der Waals surface area (Å²) in [6.07, 6.45) is 7.89. The molecule has 174 valence electrons. The lowest BCUT2D eigenvalue weighted by atomic mass is 9.76. The fourth-order valence-electron chi connectivity index (χ4n) is 3.67. The van der Waals surface area contributed by atoms with Gasteiger partial charge in [0, 0.05) is 24.1 Å². The third-order valence-electron chi connectivity index (χ3n) is 6.40. The Hall–Kier alpha value is -1.38. The average molecular weight is 451 g/mol. The predicted molar refractivity (Wildman–Crippen MR) is 129 cm³/mol. The second-order valence-corrected chi connectivity index (χ2v) is 15.5. The number of alkyl carbamates (subject to hydrolysis) is 1. The summed E-state index contributed by atoms with van der Waals surface area (Å²) < 4.78 is 23.6. The van der Waals surface area contributed by atoms with E-state index in [4.69, 9.17) is 18.8 Å². The quantitative estimate of drug-likeness (QED) is 0.641. The highest BCUT2D eigenvalue weighted by molar-refractivity contribution is 8.32. The van der Waals surface area contributed by atoms with Crippen LogP contribution in [0.15, 0.2) is 24.3 Å².